The maximum atomic E-state index is 13.3. The first kappa shape index (κ1) is 14.4. The maximum Gasteiger partial charge on any atom is 0.126 e. The Morgan fingerprint density at radius 2 is 1.65 bits per heavy atom. The van der Waals surface area contributed by atoms with E-state index in [2.05, 4.69) is 0 Å². The van der Waals surface area contributed by atoms with E-state index in [1.54, 1.807) is 0 Å². The molecule has 0 spiro atoms. The van der Waals surface area contributed by atoms with Gasteiger partial charge in [0.05, 0.1) is 7.11 Å². The summed E-state index contributed by atoms with van der Waals surface area (Å²) in [5.41, 5.74) is 6.84. The zero-order valence-corrected chi connectivity index (χ0v) is 10.9. The summed E-state index contributed by atoms with van der Waals surface area (Å²) >= 11 is 0. The molecule has 0 aliphatic rings. The molecule has 0 aliphatic carbocycles. The van der Waals surface area contributed by atoms with Crippen LogP contribution in [0.25, 0.3) is 0 Å². The molecule has 0 radical (unpaired) electrons. The van der Waals surface area contributed by atoms with Crippen molar-refractivity contribution in [3.8, 4) is 5.75 Å². The fraction of sp³-hybridized carbons (Fsp3) is 0.200. The molecule has 0 heterocycles. The number of methoxy groups -OCH3 is 1. The SMILES string of the molecule is COc1ccc(F)cc1C(N)Cc1cc(F)cc(F)c1. The summed E-state index contributed by atoms with van der Waals surface area (Å²) in [6, 6.07) is 6.57. The molecule has 0 saturated carbocycles. The van der Waals surface area contributed by atoms with Gasteiger partial charge in [-0.2, -0.15) is 0 Å². The summed E-state index contributed by atoms with van der Waals surface area (Å²) in [6.07, 6.45) is 0.175. The highest BCUT2D eigenvalue weighted by Crippen LogP contribution is 2.27. The number of nitrogens with two attached hydrogens (primary N) is 1. The van der Waals surface area contributed by atoms with E-state index in [0.29, 0.717) is 16.9 Å². The van der Waals surface area contributed by atoms with Gasteiger partial charge in [-0.1, -0.05) is 0 Å². The Bertz CT molecular complexity index is 596. The van der Waals surface area contributed by atoms with Crippen LogP contribution in [0.5, 0.6) is 5.75 Å². The zero-order valence-electron chi connectivity index (χ0n) is 10.9. The summed E-state index contributed by atoms with van der Waals surface area (Å²) in [5.74, 6) is -1.34. The minimum Gasteiger partial charge on any atom is -0.496 e. The molecule has 5 heteroatoms. The van der Waals surface area contributed by atoms with Crippen molar-refractivity contribution >= 4 is 0 Å². The summed E-state index contributed by atoms with van der Waals surface area (Å²) in [4.78, 5) is 0. The van der Waals surface area contributed by atoms with Gasteiger partial charge in [0, 0.05) is 17.7 Å². The number of hydrogen-bond donors (Lipinski definition) is 1. The van der Waals surface area contributed by atoms with Crippen molar-refractivity contribution in [2.24, 2.45) is 5.73 Å². The fourth-order valence-electron chi connectivity index (χ4n) is 2.09. The maximum absolute atomic E-state index is 13.3. The number of hydrogen-bond acceptors (Lipinski definition) is 2. The van der Waals surface area contributed by atoms with Gasteiger partial charge in [0.15, 0.2) is 0 Å². The normalized spacial score (nSPS) is 12.2. The van der Waals surface area contributed by atoms with Gasteiger partial charge in [0.2, 0.25) is 0 Å². The molecule has 2 aromatic carbocycles. The lowest BCUT2D eigenvalue weighted by Crippen LogP contribution is -2.15. The summed E-state index contributed by atoms with van der Waals surface area (Å²) in [5, 5.41) is 0. The van der Waals surface area contributed by atoms with Crippen LogP contribution in [0.15, 0.2) is 36.4 Å². The lowest BCUT2D eigenvalue weighted by molar-refractivity contribution is 0.404. The van der Waals surface area contributed by atoms with Gasteiger partial charge in [0.1, 0.15) is 23.2 Å². The Morgan fingerprint density at radius 3 is 2.25 bits per heavy atom. The predicted molar refractivity (Wildman–Crippen MR) is 69.9 cm³/mol. The molecule has 1 unspecified atom stereocenters. The molecule has 0 aliphatic heterocycles. The highest BCUT2D eigenvalue weighted by Gasteiger charge is 2.14. The van der Waals surface area contributed by atoms with Crippen LogP contribution in [-0.2, 0) is 6.42 Å². The zero-order chi connectivity index (χ0) is 14.7. The summed E-state index contributed by atoms with van der Waals surface area (Å²) in [6.45, 7) is 0. The molecular formula is C15H14F3NO. The highest BCUT2D eigenvalue weighted by molar-refractivity contribution is 5.37. The molecule has 2 aromatic rings. The first-order valence-corrected chi connectivity index (χ1v) is 6.03. The smallest absolute Gasteiger partial charge is 0.126 e. The van der Waals surface area contributed by atoms with Crippen molar-refractivity contribution in [1.82, 2.24) is 0 Å². The predicted octanol–water partition coefficient (Wildman–Crippen LogP) is 3.36. The Hall–Kier alpha value is -2.01. The molecular weight excluding hydrogens is 267 g/mol. The van der Waals surface area contributed by atoms with Gasteiger partial charge in [0.25, 0.3) is 0 Å². The Morgan fingerprint density at radius 1 is 1.00 bits per heavy atom. The first-order chi connectivity index (χ1) is 9.49. The molecule has 2 rings (SSSR count). The largest absolute Gasteiger partial charge is 0.496 e. The standard InChI is InChI=1S/C15H14F3NO/c1-20-15-3-2-10(16)8-13(15)14(19)6-9-4-11(17)7-12(18)5-9/h2-5,7-8,14H,6,19H2,1H3. The third kappa shape index (κ3) is 3.30. The van der Waals surface area contributed by atoms with Crippen molar-refractivity contribution in [2.75, 3.05) is 7.11 Å². The van der Waals surface area contributed by atoms with Gasteiger partial charge in [-0.05, 0) is 42.3 Å². The van der Waals surface area contributed by atoms with Crippen LogP contribution >= 0.6 is 0 Å². The molecule has 1 atom stereocenters. The van der Waals surface area contributed by atoms with E-state index in [9.17, 15) is 13.2 Å². The first-order valence-electron chi connectivity index (χ1n) is 6.03. The van der Waals surface area contributed by atoms with Gasteiger partial charge < -0.3 is 10.5 Å². The van der Waals surface area contributed by atoms with E-state index in [0.717, 1.165) is 6.07 Å². The third-order valence-electron chi connectivity index (χ3n) is 2.97. The topological polar surface area (TPSA) is 35.2 Å². The van der Waals surface area contributed by atoms with Crippen molar-refractivity contribution < 1.29 is 17.9 Å². The van der Waals surface area contributed by atoms with E-state index in [1.807, 2.05) is 0 Å². The second-order valence-electron chi connectivity index (χ2n) is 4.47. The molecule has 2 nitrogen and oxygen atoms in total. The number of ether oxygens (including phenoxy) is 1. The van der Waals surface area contributed by atoms with Crippen LogP contribution in [-0.4, -0.2) is 7.11 Å². The molecule has 20 heavy (non-hydrogen) atoms. The molecule has 0 bridgehead atoms. The van der Waals surface area contributed by atoms with Gasteiger partial charge in [-0.25, -0.2) is 13.2 Å². The van der Waals surface area contributed by atoms with Crippen molar-refractivity contribution in [1.29, 1.82) is 0 Å². The second-order valence-corrected chi connectivity index (χ2v) is 4.47. The molecule has 2 N–H and O–H groups in total. The summed E-state index contributed by atoms with van der Waals surface area (Å²) < 4.78 is 44.6. The van der Waals surface area contributed by atoms with E-state index in [-0.39, 0.29) is 6.42 Å². The van der Waals surface area contributed by atoms with Crippen molar-refractivity contribution in [3.63, 3.8) is 0 Å². The van der Waals surface area contributed by atoms with E-state index in [4.69, 9.17) is 10.5 Å². The number of halogens is 3. The van der Waals surface area contributed by atoms with Gasteiger partial charge in [-0.15, -0.1) is 0 Å². The molecule has 0 fully saturated rings. The molecule has 0 aromatic heterocycles. The Balaban J connectivity index is 2.27. The number of rotatable bonds is 4. The van der Waals surface area contributed by atoms with Crippen LogP contribution < -0.4 is 10.5 Å². The average molecular weight is 281 g/mol. The minimum atomic E-state index is -0.668. The lowest BCUT2D eigenvalue weighted by Gasteiger charge is -2.16. The molecule has 0 amide bonds. The van der Waals surface area contributed by atoms with E-state index in [1.165, 1.54) is 37.4 Å². The fourth-order valence-corrected chi connectivity index (χ4v) is 2.09. The minimum absolute atomic E-state index is 0.175. The van der Waals surface area contributed by atoms with Crippen LogP contribution in [0.2, 0.25) is 0 Å². The second kappa shape index (κ2) is 5.96. The Kier molecular flexibility index (Phi) is 4.29. The molecule has 0 saturated heterocycles. The van der Waals surface area contributed by atoms with Crippen LogP contribution in [0.1, 0.15) is 17.2 Å². The van der Waals surface area contributed by atoms with Gasteiger partial charge >= 0.3 is 0 Å². The summed E-state index contributed by atoms with van der Waals surface area (Å²) in [7, 11) is 1.45. The number of benzene rings is 2. The molecule has 106 valence electrons. The Labute approximate surface area is 115 Å². The average Bonchev–Trinajstić information content (AvgIpc) is 2.37. The van der Waals surface area contributed by atoms with E-state index < -0.39 is 23.5 Å². The lowest BCUT2D eigenvalue weighted by atomic mass is 9.98. The van der Waals surface area contributed by atoms with Crippen molar-refractivity contribution in [2.45, 2.75) is 12.5 Å². The quantitative estimate of drug-likeness (QED) is 0.932. The van der Waals surface area contributed by atoms with E-state index >= 15 is 0 Å². The third-order valence-corrected chi connectivity index (χ3v) is 2.97. The highest BCUT2D eigenvalue weighted by atomic mass is 19.1. The van der Waals surface area contributed by atoms with Crippen LogP contribution in [0, 0.1) is 17.5 Å². The van der Waals surface area contributed by atoms with Gasteiger partial charge in [-0.3, -0.25) is 0 Å². The monoisotopic (exact) mass is 281 g/mol. The van der Waals surface area contributed by atoms with Crippen LogP contribution in [0.4, 0.5) is 13.2 Å². The van der Waals surface area contributed by atoms with Crippen molar-refractivity contribution in [3.05, 3.63) is 65.0 Å². The van der Waals surface area contributed by atoms with Crippen LogP contribution in [0.3, 0.4) is 0 Å².